The number of methoxy groups -OCH3 is 1. The third-order valence-electron chi connectivity index (χ3n) is 11.8. The molecule has 0 spiro atoms. The lowest BCUT2D eigenvalue weighted by Crippen LogP contribution is -2.61. The molecule has 15 heteroatoms. The zero-order valence-corrected chi connectivity index (χ0v) is 37.6. The Morgan fingerprint density at radius 3 is 1.90 bits per heavy atom. The number of hydrogen-bond donors (Lipinski definition) is 2. The zero-order valence-electron chi connectivity index (χ0n) is 37.6. The minimum Gasteiger partial charge on any atom is -0.495 e. The Labute approximate surface area is 355 Å². The SMILES string of the molecule is COc1cc(O)n(C(=O)[C@@H](OC(=O)[C@@H]2CCCN2C(=O)[C@@H]2CCCN2C(=O)[C@H](C(C)C)N(C)C(=O)[C@@H](NC(=O)[C@H](C(C)C)N(C)C)C(C)C)C(C)C)c1Cc1ccccc1. The van der Waals surface area contributed by atoms with E-state index in [2.05, 4.69) is 5.32 Å². The Morgan fingerprint density at radius 1 is 0.783 bits per heavy atom. The smallest absolute Gasteiger partial charge is 0.329 e. The van der Waals surface area contributed by atoms with Crippen molar-refractivity contribution < 1.29 is 43.3 Å². The van der Waals surface area contributed by atoms with E-state index in [4.69, 9.17) is 9.47 Å². The highest BCUT2D eigenvalue weighted by molar-refractivity contribution is 5.96. The first-order valence-corrected chi connectivity index (χ1v) is 21.3. The molecule has 1 aromatic heterocycles. The molecule has 0 bridgehead atoms. The summed E-state index contributed by atoms with van der Waals surface area (Å²) >= 11 is 0. The van der Waals surface area contributed by atoms with E-state index in [0.29, 0.717) is 43.7 Å². The van der Waals surface area contributed by atoms with E-state index in [1.54, 1.807) is 20.9 Å². The molecule has 2 saturated heterocycles. The van der Waals surface area contributed by atoms with Crippen molar-refractivity contribution in [1.29, 1.82) is 0 Å². The molecule has 0 unspecified atom stereocenters. The van der Waals surface area contributed by atoms with Crippen molar-refractivity contribution in [1.82, 2.24) is 29.5 Å². The number of likely N-dealkylation sites (N-methyl/N-ethyl adjacent to an activating group) is 2. The fourth-order valence-electron chi connectivity index (χ4n) is 8.76. The van der Waals surface area contributed by atoms with Crippen LogP contribution in [0.4, 0.5) is 0 Å². The lowest BCUT2D eigenvalue weighted by molar-refractivity contribution is -0.160. The van der Waals surface area contributed by atoms with Gasteiger partial charge in [0.2, 0.25) is 29.5 Å². The van der Waals surface area contributed by atoms with Crippen LogP contribution in [0.2, 0.25) is 0 Å². The fourth-order valence-corrected chi connectivity index (χ4v) is 8.76. The molecule has 0 radical (unpaired) electrons. The van der Waals surface area contributed by atoms with Gasteiger partial charge in [-0.15, -0.1) is 0 Å². The number of carbonyl (C=O) groups is 6. The van der Waals surface area contributed by atoms with E-state index in [9.17, 15) is 33.9 Å². The Morgan fingerprint density at radius 2 is 1.37 bits per heavy atom. The number of ether oxygens (including phenoxy) is 2. The van der Waals surface area contributed by atoms with Gasteiger partial charge in [0.1, 0.15) is 29.9 Å². The van der Waals surface area contributed by atoms with Crippen molar-refractivity contribution >= 4 is 35.5 Å². The summed E-state index contributed by atoms with van der Waals surface area (Å²) in [4.78, 5) is 90.9. The monoisotopic (exact) mass is 837 g/mol. The van der Waals surface area contributed by atoms with Crippen LogP contribution in [0, 0.1) is 23.7 Å². The molecule has 0 saturated carbocycles. The highest BCUT2D eigenvalue weighted by Crippen LogP contribution is 2.33. The highest BCUT2D eigenvalue weighted by atomic mass is 16.6. The van der Waals surface area contributed by atoms with Crippen molar-refractivity contribution in [2.24, 2.45) is 23.7 Å². The summed E-state index contributed by atoms with van der Waals surface area (Å²) in [6.07, 6.45) is 0.731. The third kappa shape index (κ3) is 10.5. The summed E-state index contributed by atoms with van der Waals surface area (Å²) in [6.45, 7) is 15.3. The van der Waals surface area contributed by atoms with Crippen LogP contribution < -0.4 is 10.1 Å². The number of nitrogens with one attached hydrogen (secondary N) is 1. The van der Waals surface area contributed by atoms with Gasteiger partial charge in [0, 0.05) is 32.6 Å². The van der Waals surface area contributed by atoms with Gasteiger partial charge in [-0.1, -0.05) is 85.7 Å². The van der Waals surface area contributed by atoms with Crippen LogP contribution in [0.25, 0.3) is 0 Å². The predicted octanol–water partition coefficient (Wildman–Crippen LogP) is 4.19. The topological polar surface area (TPSA) is 171 Å². The van der Waals surface area contributed by atoms with Crippen LogP contribution in [0.1, 0.15) is 97.1 Å². The van der Waals surface area contributed by atoms with Crippen LogP contribution in [0.3, 0.4) is 0 Å². The minimum absolute atomic E-state index is 0.00583. The molecule has 60 heavy (non-hydrogen) atoms. The molecule has 0 aliphatic carbocycles. The van der Waals surface area contributed by atoms with Gasteiger partial charge in [-0.3, -0.25) is 28.9 Å². The van der Waals surface area contributed by atoms with E-state index in [0.717, 1.165) is 10.1 Å². The Kier molecular flexibility index (Phi) is 16.4. The second-order valence-electron chi connectivity index (χ2n) is 17.9. The maximum Gasteiger partial charge on any atom is 0.329 e. The van der Waals surface area contributed by atoms with Crippen LogP contribution in [-0.4, -0.2) is 142 Å². The number of hydrogen-bond acceptors (Lipinski definition) is 10. The number of rotatable bonds is 17. The molecule has 2 fully saturated rings. The van der Waals surface area contributed by atoms with Gasteiger partial charge in [0.05, 0.1) is 18.8 Å². The highest BCUT2D eigenvalue weighted by Gasteiger charge is 2.47. The average Bonchev–Trinajstić information content (AvgIpc) is 3.94. The quantitative estimate of drug-likeness (QED) is 0.220. The Bertz CT molecular complexity index is 1830. The van der Waals surface area contributed by atoms with E-state index < -0.39 is 65.9 Å². The van der Waals surface area contributed by atoms with Gasteiger partial charge in [0.25, 0.3) is 5.91 Å². The van der Waals surface area contributed by atoms with Crippen LogP contribution >= 0.6 is 0 Å². The number of aromatic hydroxyl groups is 1. The summed E-state index contributed by atoms with van der Waals surface area (Å²) in [5.74, 6) is -3.97. The lowest BCUT2D eigenvalue weighted by Gasteiger charge is -2.38. The molecule has 4 amide bonds. The van der Waals surface area contributed by atoms with Crippen LogP contribution in [0.5, 0.6) is 11.6 Å². The number of amides is 4. The molecule has 2 aliphatic heterocycles. The van der Waals surface area contributed by atoms with Crippen molar-refractivity contribution in [2.45, 2.75) is 124 Å². The molecular formula is C45H68N6O9. The van der Waals surface area contributed by atoms with Gasteiger partial charge in [-0.05, 0) is 69.0 Å². The average molecular weight is 837 g/mol. The van der Waals surface area contributed by atoms with E-state index in [1.165, 1.54) is 27.9 Å². The molecule has 4 rings (SSSR count). The third-order valence-corrected chi connectivity index (χ3v) is 11.8. The second kappa shape index (κ2) is 20.6. The molecule has 2 aromatic rings. The van der Waals surface area contributed by atoms with E-state index in [-0.39, 0.29) is 48.4 Å². The zero-order chi connectivity index (χ0) is 44.7. The number of aromatic nitrogens is 1. The van der Waals surface area contributed by atoms with Gasteiger partial charge in [0.15, 0.2) is 6.10 Å². The van der Waals surface area contributed by atoms with Crippen molar-refractivity contribution in [3.8, 4) is 11.6 Å². The lowest BCUT2D eigenvalue weighted by atomic mass is 9.96. The van der Waals surface area contributed by atoms with Crippen molar-refractivity contribution in [3.05, 3.63) is 47.7 Å². The maximum absolute atomic E-state index is 14.5. The molecule has 6 atom stereocenters. The minimum atomic E-state index is -1.30. The van der Waals surface area contributed by atoms with Gasteiger partial charge in [-0.2, -0.15) is 0 Å². The number of benzene rings is 1. The first kappa shape index (κ1) is 47.8. The first-order chi connectivity index (χ1) is 28.2. The number of carbonyl (C=O) groups excluding carboxylic acids is 6. The van der Waals surface area contributed by atoms with Gasteiger partial charge >= 0.3 is 5.97 Å². The summed E-state index contributed by atoms with van der Waals surface area (Å²) in [5.41, 5.74) is 1.28. The summed E-state index contributed by atoms with van der Waals surface area (Å²) in [7, 11) is 6.65. The van der Waals surface area contributed by atoms with Crippen LogP contribution in [-0.2, 0) is 35.1 Å². The summed E-state index contributed by atoms with van der Waals surface area (Å²) < 4.78 is 12.6. The largest absolute Gasteiger partial charge is 0.495 e. The standard InChI is InChI=1S/C45H68N6O9/c1-26(2)36(46-40(53)37(27(3)4)47(9)10)42(55)48(11)38(28(5)6)43(56)49-22-16-20-31(49)41(54)50-23-17-21-32(50)45(58)60-39(29(7)8)44(57)51-33(34(59-12)25-35(51)52)24-30-18-14-13-15-19-30/h13-15,18-19,25-29,31-32,36-39,52H,16-17,20-24H2,1-12H3,(H,46,53)/t31-,32-,36-,37-,38-,39-/m0/s1. The molecule has 15 nitrogen and oxygen atoms in total. The van der Waals surface area contributed by atoms with Gasteiger partial charge < -0.3 is 34.6 Å². The van der Waals surface area contributed by atoms with Crippen molar-refractivity contribution in [3.63, 3.8) is 0 Å². The molecule has 3 heterocycles. The number of nitrogens with zero attached hydrogens (tertiary/aromatic N) is 5. The fraction of sp³-hybridized carbons (Fsp3) is 0.644. The Hall–Kier alpha value is -4.92. The van der Waals surface area contributed by atoms with Crippen LogP contribution in [0.15, 0.2) is 36.4 Å². The summed E-state index contributed by atoms with van der Waals surface area (Å²) in [5, 5.41) is 13.9. The molecule has 2 aliphatic rings. The number of esters is 1. The number of likely N-dealkylation sites (tertiary alicyclic amines) is 2. The first-order valence-electron chi connectivity index (χ1n) is 21.3. The van der Waals surface area contributed by atoms with Crippen molar-refractivity contribution in [2.75, 3.05) is 41.3 Å². The molecule has 2 N–H and O–H groups in total. The predicted molar refractivity (Wildman–Crippen MR) is 227 cm³/mol. The Balaban J connectivity index is 1.53. The molecule has 332 valence electrons. The molecular weight excluding hydrogens is 769 g/mol. The molecule has 1 aromatic carbocycles. The van der Waals surface area contributed by atoms with E-state index in [1.807, 2.05) is 90.9 Å². The van der Waals surface area contributed by atoms with Gasteiger partial charge in [-0.25, -0.2) is 9.36 Å². The maximum atomic E-state index is 14.5. The van der Waals surface area contributed by atoms with E-state index >= 15 is 0 Å². The summed E-state index contributed by atoms with van der Waals surface area (Å²) in [6, 6.07) is 6.63. The second-order valence-corrected chi connectivity index (χ2v) is 17.9. The normalized spacial score (nSPS) is 18.9.